The number of para-hydroxylation sites is 1. The second-order valence-corrected chi connectivity index (χ2v) is 9.83. The van der Waals surface area contributed by atoms with Crippen molar-refractivity contribution in [3.8, 4) is 28.0 Å². The summed E-state index contributed by atoms with van der Waals surface area (Å²) in [5.41, 5.74) is 5.45. The lowest BCUT2D eigenvalue weighted by Crippen LogP contribution is -2.01. The van der Waals surface area contributed by atoms with Gasteiger partial charge in [0, 0.05) is 5.56 Å². The molecule has 2 nitrogen and oxygen atoms in total. The third-order valence-electron chi connectivity index (χ3n) is 7.55. The van der Waals surface area contributed by atoms with E-state index in [-0.39, 0.29) is 11.5 Å². The van der Waals surface area contributed by atoms with Crippen molar-refractivity contribution in [3.63, 3.8) is 0 Å². The van der Waals surface area contributed by atoms with Crippen LogP contribution in [0.1, 0.15) is 15.9 Å². The Kier molecular flexibility index (Phi) is 5.45. The van der Waals surface area contributed by atoms with Gasteiger partial charge in [-0.1, -0.05) is 121 Å². The Morgan fingerprint density at radius 1 is 0.462 bits per heavy atom. The van der Waals surface area contributed by atoms with E-state index >= 15 is 0 Å². The highest BCUT2D eigenvalue weighted by Gasteiger charge is 2.18. The van der Waals surface area contributed by atoms with Crippen molar-refractivity contribution in [2.75, 3.05) is 0 Å². The number of rotatable bonds is 4. The summed E-state index contributed by atoms with van der Waals surface area (Å²) in [5, 5.41) is 17.3. The minimum atomic E-state index is -0.194. The van der Waals surface area contributed by atoms with Gasteiger partial charge in [0.05, 0.1) is 5.56 Å². The second-order valence-electron chi connectivity index (χ2n) is 9.83. The zero-order chi connectivity index (χ0) is 26.3. The van der Waals surface area contributed by atoms with Crippen LogP contribution in [0, 0.1) is 0 Å². The molecular formula is C37H24O2. The first-order valence-corrected chi connectivity index (χ1v) is 13.0. The van der Waals surface area contributed by atoms with Crippen LogP contribution in [0.15, 0.2) is 140 Å². The van der Waals surface area contributed by atoms with E-state index in [0.717, 1.165) is 11.1 Å². The lowest BCUT2D eigenvalue weighted by atomic mass is 9.85. The van der Waals surface area contributed by atoms with Crippen LogP contribution in [-0.4, -0.2) is 10.9 Å². The monoisotopic (exact) mass is 500 g/mol. The molecule has 0 amide bonds. The Balaban J connectivity index is 1.44. The van der Waals surface area contributed by atoms with Crippen LogP contribution < -0.4 is 0 Å². The third-order valence-corrected chi connectivity index (χ3v) is 7.55. The number of hydrogen-bond donors (Lipinski definition) is 1. The number of hydrogen-bond acceptors (Lipinski definition) is 2. The topological polar surface area (TPSA) is 37.3 Å². The third kappa shape index (κ3) is 3.86. The van der Waals surface area contributed by atoms with E-state index in [1.54, 1.807) is 18.2 Å². The average Bonchev–Trinajstić information content (AvgIpc) is 2.99. The first-order valence-electron chi connectivity index (χ1n) is 13.0. The first-order chi connectivity index (χ1) is 19.2. The maximum Gasteiger partial charge on any atom is 0.196 e. The van der Waals surface area contributed by atoms with Crippen LogP contribution >= 0.6 is 0 Å². The number of phenolic OH excluding ortho intramolecular Hbond substituents is 1. The van der Waals surface area contributed by atoms with E-state index in [9.17, 15) is 9.90 Å². The van der Waals surface area contributed by atoms with Gasteiger partial charge < -0.3 is 5.11 Å². The van der Waals surface area contributed by atoms with Gasteiger partial charge in [0.15, 0.2) is 5.78 Å². The largest absolute Gasteiger partial charge is 0.507 e. The molecule has 0 atom stereocenters. The summed E-state index contributed by atoms with van der Waals surface area (Å²) in [6, 6.07) is 46.7. The molecular weight excluding hydrogens is 476 g/mol. The Morgan fingerprint density at radius 3 is 1.56 bits per heavy atom. The molecule has 0 aliphatic rings. The lowest BCUT2D eigenvalue weighted by molar-refractivity contribution is 0.103. The molecule has 0 saturated heterocycles. The van der Waals surface area contributed by atoms with Crippen molar-refractivity contribution in [1.29, 1.82) is 0 Å². The molecule has 7 aromatic carbocycles. The molecule has 0 radical (unpaired) electrons. The molecule has 7 rings (SSSR count). The van der Waals surface area contributed by atoms with E-state index < -0.39 is 0 Å². The fraction of sp³-hybridized carbons (Fsp3) is 0. The van der Waals surface area contributed by atoms with Gasteiger partial charge in [0.1, 0.15) is 5.75 Å². The number of aromatic hydroxyl groups is 1. The average molecular weight is 501 g/mol. The van der Waals surface area contributed by atoms with Crippen molar-refractivity contribution in [3.05, 3.63) is 151 Å². The van der Waals surface area contributed by atoms with Gasteiger partial charge in [0.25, 0.3) is 0 Å². The minimum absolute atomic E-state index is 0.00663. The number of ketones is 1. The van der Waals surface area contributed by atoms with Crippen LogP contribution in [0.5, 0.6) is 5.75 Å². The van der Waals surface area contributed by atoms with Gasteiger partial charge in [0.2, 0.25) is 0 Å². The van der Waals surface area contributed by atoms with Crippen molar-refractivity contribution < 1.29 is 9.90 Å². The van der Waals surface area contributed by atoms with Gasteiger partial charge in [-0.05, 0) is 72.8 Å². The van der Waals surface area contributed by atoms with E-state index in [2.05, 4.69) is 91.0 Å². The summed E-state index contributed by atoms with van der Waals surface area (Å²) >= 11 is 0. The molecule has 0 heterocycles. The molecule has 1 N–H and O–H groups in total. The summed E-state index contributed by atoms with van der Waals surface area (Å²) in [7, 11) is 0. The molecule has 184 valence electrons. The molecule has 0 aliphatic heterocycles. The molecule has 0 unspecified atom stereocenters. The van der Waals surface area contributed by atoms with Gasteiger partial charge in [-0.2, -0.15) is 0 Å². The minimum Gasteiger partial charge on any atom is -0.507 e. The fourth-order valence-corrected chi connectivity index (χ4v) is 5.70. The standard InChI is InChI=1S/C37H24O2/c38-34-16-8-7-15-33(34)37(39)26-20-18-25(19-21-26)35-29-11-3-5-13-31(29)36(32-14-6-4-12-30(32)35)28-22-17-24-9-1-2-10-27(24)23-28/h1-23,38H. The predicted molar refractivity (Wildman–Crippen MR) is 161 cm³/mol. The smallest absolute Gasteiger partial charge is 0.196 e. The first kappa shape index (κ1) is 22.9. The van der Waals surface area contributed by atoms with Crippen LogP contribution in [0.4, 0.5) is 0 Å². The van der Waals surface area contributed by atoms with Gasteiger partial charge in [-0.25, -0.2) is 0 Å². The SMILES string of the molecule is O=C(c1ccc(-c2c3ccccc3c(-c3ccc4ccccc4c3)c3ccccc23)cc1)c1ccccc1O. The van der Waals surface area contributed by atoms with Crippen molar-refractivity contribution in [2.45, 2.75) is 0 Å². The summed E-state index contributed by atoms with van der Waals surface area (Å²) in [4.78, 5) is 13.1. The molecule has 0 bridgehead atoms. The van der Waals surface area contributed by atoms with Crippen LogP contribution in [-0.2, 0) is 0 Å². The number of benzene rings is 7. The summed E-state index contributed by atoms with van der Waals surface area (Å²) in [5.74, 6) is -0.200. The van der Waals surface area contributed by atoms with Gasteiger partial charge in [-0.3, -0.25) is 4.79 Å². The number of carbonyl (C=O) groups excluding carboxylic acids is 1. The molecule has 0 fully saturated rings. The number of fused-ring (bicyclic) bond motifs is 3. The lowest BCUT2D eigenvalue weighted by Gasteiger charge is -2.18. The predicted octanol–water partition coefficient (Wildman–Crippen LogP) is 9.42. The Hall–Kier alpha value is -5.21. The van der Waals surface area contributed by atoms with E-state index in [4.69, 9.17) is 0 Å². The second kappa shape index (κ2) is 9.27. The summed E-state index contributed by atoms with van der Waals surface area (Å²) in [6.07, 6.45) is 0. The molecule has 0 aliphatic carbocycles. The fourth-order valence-electron chi connectivity index (χ4n) is 5.70. The highest BCUT2D eigenvalue weighted by Crippen LogP contribution is 2.44. The maximum absolute atomic E-state index is 13.1. The summed E-state index contributed by atoms with van der Waals surface area (Å²) in [6.45, 7) is 0. The molecule has 0 aromatic heterocycles. The van der Waals surface area contributed by atoms with Crippen LogP contribution in [0.25, 0.3) is 54.6 Å². The number of phenols is 1. The van der Waals surface area contributed by atoms with Crippen molar-refractivity contribution in [2.24, 2.45) is 0 Å². The Morgan fingerprint density at radius 2 is 0.949 bits per heavy atom. The zero-order valence-electron chi connectivity index (χ0n) is 21.1. The number of carbonyl (C=O) groups is 1. The van der Waals surface area contributed by atoms with E-state index in [0.29, 0.717) is 11.1 Å². The Labute approximate surface area is 226 Å². The van der Waals surface area contributed by atoms with Crippen LogP contribution in [0.3, 0.4) is 0 Å². The van der Waals surface area contributed by atoms with Crippen LogP contribution in [0.2, 0.25) is 0 Å². The molecule has 2 heteroatoms. The van der Waals surface area contributed by atoms with E-state index in [1.807, 2.05) is 24.3 Å². The molecule has 7 aromatic rings. The molecule has 39 heavy (non-hydrogen) atoms. The molecule has 0 spiro atoms. The highest BCUT2D eigenvalue weighted by molar-refractivity contribution is 6.22. The quantitative estimate of drug-likeness (QED) is 0.193. The highest BCUT2D eigenvalue weighted by atomic mass is 16.3. The van der Waals surface area contributed by atoms with Crippen molar-refractivity contribution in [1.82, 2.24) is 0 Å². The van der Waals surface area contributed by atoms with Gasteiger partial charge >= 0.3 is 0 Å². The van der Waals surface area contributed by atoms with E-state index in [1.165, 1.54) is 49.5 Å². The normalized spacial score (nSPS) is 11.3. The maximum atomic E-state index is 13.1. The zero-order valence-corrected chi connectivity index (χ0v) is 21.1. The van der Waals surface area contributed by atoms with Gasteiger partial charge in [-0.15, -0.1) is 0 Å². The van der Waals surface area contributed by atoms with Crippen molar-refractivity contribution >= 4 is 38.1 Å². The molecule has 0 saturated carbocycles. The summed E-state index contributed by atoms with van der Waals surface area (Å²) < 4.78 is 0. The Bertz CT molecular complexity index is 1980.